The molecule has 0 saturated carbocycles. The fourth-order valence-corrected chi connectivity index (χ4v) is 2.24. The molecule has 2 nitrogen and oxygen atoms in total. The van der Waals surface area contributed by atoms with Crippen LogP contribution < -0.4 is 5.73 Å². The van der Waals surface area contributed by atoms with E-state index in [1.807, 2.05) is 18.2 Å². The van der Waals surface area contributed by atoms with Gasteiger partial charge in [0.2, 0.25) is 0 Å². The smallest absolute Gasteiger partial charge is 0.105 e. The second kappa shape index (κ2) is 4.85. The minimum absolute atomic E-state index is 0.0413. The molecule has 0 amide bonds. The summed E-state index contributed by atoms with van der Waals surface area (Å²) in [4.78, 5) is 0. The predicted molar refractivity (Wildman–Crippen MR) is 68.2 cm³/mol. The third-order valence-corrected chi connectivity index (χ3v) is 3.27. The van der Waals surface area contributed by atoms with E-state index in [0.717, 1.165) is 22.2 Å². The average molecular weight is 280 g/mol. The third kappa shape index (κ3) is 2.54. The topological polar surface area (TPSA) is 39.2 Å². The Balaban J connectivity index is 2.20. The molecule has 0 aliphatic rings. The van der Waals surface area contributed by atoms with E-state index in [9.17, 15) is 0 Å². The first-order chi connectivity index (χ1) is 7.66. The summed E-state index contributed by atoms with van der Waals surface area (Å²) in [7, 11) is 0. The van der Waals surface area contributed by atoms with Crippen molar-refractivity contribution in [1.82, 2.24) is 0 Å². The molecule has 2 N–H and O–H groups in total. The highest BCUT2D eigenvalue weighted by atomic mass is 79.9. The van der Waals surface area contributed by atoms with E-state index < -0.39 is 0 Å². The number of hydrogen-bond acceptors (Lipinski definition) is 2. The van der Waals surface area contributed by atoms with Crippen molar-refractivity contribution in [3.8, 4) is 0 Å². The van der Waals surface area contributed by atoms with E-state index in [0.29, 0.717) is 0 Å². The van der Waals surface area contributed by atoms with Gasteiger partial charge in [0.1, 0.15) is 5.76 Å². The highest BCUT2D eigenvalue weighted by Gasteiger charge is 2.12. The molecule has 0 aliphatic carbocycles. The van der Waals surface area contributed by atoms with Crippen LogP contribution in [0.2, 0.25) is 0 Å². The molecule has 0 spiro atoms. The molecule has 2 rings (SSSR count). The molecule has 3 heteroatoms. The minimum atomic E-state index is -0.0413. The normalized spacial score (nSPS) is 12.7. The number of nitrogens with two attached hydrogens (primary N) is 1. The van der Waals surface area contributed by atoms with Gasteiger partial charge < -0.3 is 10.2 Å². The molecule has 1 aromatic carbocycles. The molecular weight excluding hydrogens is 266 g/mol. The second-order valence-electron chi connectivity index (χ2n) is 3.91. The van der Waals surface area contributed by atoms with Gasteiger partial charge >= 0.3 is 0 Å². The van der Waals surface area contributed by atoms with E-state index in [1.165, 1.54) is 5.56 Å². The first-order valence-electron chi connectivity index (χ1n) is 5.21. The number of hydrogen-bond donors (Lipinski definition) is 1. The van der Waals surface area contributed by atoms with Crippen molar-refractivity contribution in [3.05, 3.63) is 58.0 Å². The predicted octanol–water partition coefficient (Wildman–Crippen LogP) is 3.59. The monoisotopic (exact) mass is 279 g/mol. The molecule has 1 aromatic heterocycles. The Hall–Kier alpha value is -1.06. The van der Waals surface area contributed by atoms with Crippen LogP contribution in [0.1, 0.15) is 22.9 Å². The Morgan fingerprint density at radius 3 is 2.88 bits per heavy atom. The quantitative estimate of drug-likeness (QED) is 0.933. The zero-order valence-electron chi connectivity index (χ0n) is 9.11. The van der Waals surface area contributed by atoms with Gasteiger partial charge in [-0.25, -0.2) is 0 Å². The Morgan fingerprint density at radius 1 is 1.38 bits per heavy atom. The standard InChI is InChI=1S/C13H14BrNO/c1-9-4-5-12(14)11(7-9)13(15)8-10-3-2-6-16-10/h2-7,13H,8,15H2,1H3. The number of benzene rings is 1. The van der Waals surface area contributed by atoms with Crippen molar-refractivity contribution in [2.75, 3.05) is 0 Å². The van der Waals surface area contributed by atoms with E-state index in [-0.39, 0.29) is 6.04 Å². The molecule has 84 valence electrons. The van der Waals surface area contributed by atoms with Gasteiger partial charge in [-0.3, -0.25) is 0 Å². The summed E-state index contributed by atoms with van der Waals surface area (Å²) in [5.41, 5.74) is 8.50. The summed E-state index contributed by atoms with van der Waals surface area (Å²) in [6, 6.07) is 9.99. The summed E-state index contributed by atoms with van der Waals surface area (Å²) >= 11 is 3.52. The van der Waals surface area contributed by atoms with Gasteiger partial charge in [-0.05, 0) is 30.7 Å². The largest absolute Gasteiger partial charge is 0.469 e. The fourth-order valence-electron chi connectivity index (χ4n) is 1.70. The number of furan rings is 1. The van der Waals surface area contributed by atoms with Crippen molar-refractivity contribution in [2.24, 2.45) is 5.73 Å². The maximum Gasteiger partial charge on any atom is 0.105 e. The Bertz CT molecular complexity index is 465. The Morgan fingerprint density at radius 2 is 2.19 bits per heavy atom. The summed E-state index contributed by atoms with van der Waals surface area (Å²) in [6.45, 7) is 2.07. The van der Waals surface area contributed by atoms with Crippen molar-refractivity contribution in [1.29, 1.82) is 0 Å². The lowest BCUT2D eigenvalue weighted by molar-refractivity contribution is 0.488. The van der Waals surface area contributed by atoms with Crippen LogP contribution >= 0.6 is 15.9 Å². The van der Waals surface area contributed by atoms with Crippen LogP contribution in [0.3, 0.4) is 0 Å². The third-order valence-electron chi connectivity index (χ3n) is 2.55. The minimum Gasteiger partial charge on any atom is -0.469 e. The van der Waals surface area contributed by atoms with Crippen molar-refractivity contribution in [3.63, 3.8) is 0 Å². The van der Waals surface area contributed by atoms with Gasteiger partial charge in [0.15, 0.2) is 0 Å². The van der Waals surface area contributed by atoms with Crippen LogP contribution in [0.15, 0.2) is 45.5 Å². The van der Waals surface area contributed by atoms with E-state index in [2.05, 4.69) is 35.0 Å². The van der Waals surface area contributed by atoms with Gasteiger partial charge in [-0.2, -0.15) is 0 Å². The summed E-state index contributed by atoms with van der Waals surface area (Å²) in [5.74, 6) is 0.918. The first-order valence-corrected chi connectivity index (χ1v) is 6.00. The van der Waals surface area contributed by atoms with E-state index in [4.69, 9.17) is 10.2 Å². The van der Waals surface area contributed by atoms with Gasteiger partial charge in [0.25, 0.3) is 0 Å². The molecule has 0 saturated heterocycles. The molecule has 0 bridgehead atoms. The highest BCUT2D eigenvalue weighted by molar-refractivity contribution is 9.10. The number of halogens is 1. The summed E-state index contributed by atoms with van der Waals surface area (Å²) in [5, 5.41) is 0. The molecular formula is C13H14BrNO. The van der Waals surface area contributed by atoms with E-state index in [1.54, 1.807) is 6.26 Å². The molecule has 2 aromatic rings. The fraction of sp³-hybridized carbons (Fsp3) is 0.231. The lowest BCUT2D eigenvalue weighted by Crippen LogP contribution is -2.13. The summed E-state index contributed by atoms with van der Waals surface area (Å²) in [6.07, 6.45) is 2.39. The number of aryl methyl sites for hydroxylation is 1. The molecule has 0 aliphatic heterocycles. The lowest BCUT2D eigenvalue weighted by Gasteiger charge is -2.13. The number of rotatable bonds is 3. The van der Waals surface area contributed by atoms with Crippen LogP contribution in [0.25, 0.3) is 0 Å². The van der Waals surface area contributed by atoms with Crippen LogP contribution in [0.5, 0.6) is 0 Å². The zero-order chi connectivity index (χ0) is 11.5. The second-order valence-corrected chi connectivity index (χ2v) is 4.77. The Kier molecular flexibility index (Phi) is 3.46. The van der Waals surface area contributed by atoms with Crippen LogP contribution in [0, 0.1) is 6.92 Å². The van der Waals surface area contributed by atoms with Crippen LogP contribution in [0.4, 0.5) is 0 Å². The van der Waals surface area contributed by atoms with Crippen molar-refractivity contribution in [2.45, 2.75) is 19.4 Å². The average Bonchev–Trinajstić information content (AvgIpc) is 2.74. The highest BCUT2D eigenvalue weighted by Crippen LogP contribution is 2.25. The SMILES string of the molecule is Cc1ccc(Br)c(C(N)Cc2ccco2)c1. The maximum atomic E-state index is 6.17. The van der Waals surface area contributed by atoms with Crippen molar-refractivity contribution >= 4 is 15.9 Å². The molecule has 1 atom stereocenters. The van der Waals surface area contributed by atoms with Crippen molar-refractivity contribution < 1.29 is 4.42 Å². The lowest BCUT2D eigenvalue weighted by atomic mass is 10.0. The van der Waals surface area contributed by atoms with Gasteiger partial charge in [0, 0.05) is 16.9 Å². The maximum absolute atomic E-state index is 6.17. The van der Waals surface area contributed by atoms with Crippen LogP contribution in [-0.4, -0.2) is 0 Å². The molecule has 16 heavy (non-hydrogen) atoms. The van der Waals surface area contributed by atoms with Gasteiger partial charge in [-0.15, -0.1) is 0 Å². The zero-order valence-corrected chi connectivity index (χ0v) is 10.7. The molecule has 0 radical (unpaired) electrons. The first kappa shape index (κ1) is 11.4. The van der Waals surface area contributed by atoms with Gasteiger partial charge in [0.05, 0.1) is 6.26 Å². The molecule has 1 heterocycles. The molecule has 0 fully saturated rings. The Labute approximate surface area is 104 Å². The van der Waals surface area contributed by atoms with Crippen LogP contribution in [-0.2, 0) is 6.42 Å². The molecule has 1 unspecified atom stereocenters. The van der Waals surface area contributed by atoms with E-state index >= 15 is 0 Å². The van der Waals surface area contributed by atoms with Gasteiger partial charge in [-0.1, -0.05) is 33.6 Å². The summed E-state index contributed by atoms with van der Waals surface area (Å²) < 4.78 is 6.35.